The molecule has 102 valence electrons. The van der Waals surface area contributed by atoms with E-state index in [4.69, 9.17) is 5.84 Å². The Balaban J connectivity index is 2.44. The molecule has 0 aromatic heterocycles. The number of rotatable bonds is 8. The van der Waals surface area contributed by atoms with Crippen LogP contribution in [0.25, 0.3) is 0 Å². The van der Waals surface area contributed by atoms with Gasteiger partial charge < -0.3 is 0 Å². The maximum Gasteiger partial charge on any atom is 0.0216 e. The smallest absolute Gasteiger partial charge is 0.0216 e. The van der Waals surface area contributed by atoms with Gasteiger partial charge in [-0.2, -0.15) is 0 Å². The lowest BCUT2D eigenvalue weighted by Crippen LogP contribution is -2.37. The topological polar surface area (TPSA) is 38.0 Å². The predicted molar refractivity (Wildman–Crippen MR) is 79.3 cm³/mol. The second-order valence-corrected chi connectivity index (χ2v) is 5.31. The lowest BCUT2D eigenvalue weighted by Gasteiger charge is -2.21. The van der Waals surface area contributed by atoms with Crippen molar-refractivity contribution in [3.63, 3.8) is 0 Å². The normalized spacial score (nSPS) is 12.9. The van der Waals surface area contributed by atoms with Crippen molar-refractivity contribution >= 4 is 0 Å². The summed E-state index contributed by atoms with van der Waals surface area (Å²) in [6, 6.07) is 9.20. The standard InChI is InChI=1S/C16H28N2/c1-4-14(5-2)12-16(18-17)10-9-15-8-6-7-13(3)11-15/h6-8,11,14,16,18H,4-5,9-10,12,17H2,1-3H3. The molecule has 0 amide bonds. The van der Waals surface area contributed by atoms with Crippen LogP contribution < -0.4 is 11.3 Å². The Bertz CT molecular complexity index is 332. The molecule has 0 spiro atoms. The van der Waals surface area contributed by atoms with E-state index in [-0.39, 0.29) is 0 Å². The van der Waals surface area contributed by atoms with Crippen LogP contribution in [-0.2, 0) is 6.42 Å². The van der Waals surface area contributed by atoms with E-state index in [0.717, 1.165) is 18.8 Å². The largest absolute Gasteiger partial charge is 0.271 e. The zero-order valence-electron chi connectivity index (χ0n) is 12.1. The molecule has 1 atom stereocenters. The average molecular weight is 248 g/mol. The summed E-state index contributed by atoms with van der Waals surface area (Å²) in [6.07, 6.45) is 5.92. The summed E-state index contributed by atoms with van der Waals surface area (Å²) in [5, 5.41) is 0. The van der Waals surface area contributed by atoms with Crippen molar-refractivity contribution in [1.29, 1.82) is 0 Å². The molecule has 0 radical (unpaired) electrons. The van der Waals surface area contributed by atoms with Crippen LogP contribution in [0.1, 0.15) is 50.7 Å². The molecule has 0 saturated carbocycles. The molecular weight excluding hydrogens is 220 g/mol. The molecule has 1 aromatic rings. The van der Waals surface area contributed by atoms with Crippen molar-refractivity contribution in [3.05, 3.63) is 35.4 Å². The van der Waals surface area contributed by atoms with E-state index in [1.54, 1.807) is 0 Å². The number of nitrogens with one attached hydrogen (secondary N) is 1. The third kappa shape index (κ3) is 5.19. The van der Waals surface area contributed by atoms with Gasteiger partial charge in [0.15, 0.2) is 0 Å². The van der Waals surface area contributed by atoms with Crippen LogP contribution in [0.3, 0.4) is 0 Å². The summed E-state index contributed by atoms with van der Waals surface area (Å²) in [4.78, 5) is 0. The van der Waals surface area contributed by atoms with Gasteiger partial charge in [-0.15, -0.1) is 0 Å². The summed E-state index contributed by atoms with van der Waals surface area (Å²) >= 11 is 0. The van der Waals surface area contributed by atoms with Gasteiger partial charge in [-0.3, -0.25) is 11.3 Å². The maximum absolute atomic E-state index is 5.67. The van der Waals surface area contributed by atoms with E-state index in [2.05, 4.69) is 50.5 Å². The van der Waals surface area contributed by atoms with E-state index >= 15 is 0 Å². The first-order chi connectivity index (χ1) is 8.69. The minimum atomic E-state index is 0.440. The van der Waals surface area contributed by atoms with Crippen molar-refractivity contribution in [2.45, 2.75) is 58.9 Å². The SMILES string of the molecule is CCC(CC)CC(CCc1cccc(C)c1)NN. The van der Waals surface area contributed by atoms with Gasteiger partial charge in [0, 0.05) is 6.04 Å². The van der Waals surface area contributed by atoms with Crippen LogP contribution in [0, 0.1) is 12.8 Å². The van der Waals surface area contributed by atoms with Crippen molar-refractivity contribution in [3.8, 4) is 0 Å². The third-order valence-corrected chi connectivity index (χ3v) is 3.87. The van der Waals surface area contributed by atoms with Crippen LogP contribution in [0.2, 0.25) is 0 Å². The van der Waals surface area contributed by atoms with E-state index in [9.17, 15) is 0 Å². The summed E-state index contributed by atoms with van der Waals surface area (Å²) in [5.74, 6) is 6.47. The molecule has 2 nitrogen and oxygen atoms in total. The van der Waals surface area contributed by atoms with Crippen molar-refractivity contribution < 1.29 is 0 Å². The fourth-order valence-corrected chi connectivity index (χ4v) is 2.50. The summed E-state index contributed by atoms with van der Waals surface area (Å²) in [6.45, 7) is 6.68. The van der Waals surface area contributed by atoms with Crippen molar-refractivity contribution in [2.75, 3.05) is 0 Å². The second kappa shape index (κ2) is 8.28. The van der Waals surface area contributed by atoms with Gasteiger partial charge in [-0.25, -0.2) is 0 Å². The van der Waals surface area contributed by atoms with Crippen LogP contribution in [0.5, 0.6) is 0 Å². The number of benzene rings is 1. The zero-order valence-corrected chi connectivity index (χ0v) is 12.1. The lowest BCUT2D eigenvalue weighted by molar-refractivity contribution is 0.355. The fourth-order valence-electron chi connectivity index (χ4n) is 2.50. The molecule has 2 heteroatoms. The summed E-state index contributed by atoms with van der Waals surface area (Å²) in [5.41, 5.74) is 5.74. The highest BCUT2D eigenvalue weighted by atomic mass is 15.2. The Morgan fingerprint density at radius 1 is 1.22 bits per heavy atom. The third-order valence-electron chi connectivity index (χ3n) is 3.87. The molecule has 0 aliphatic carbocycles. The Kier molecular flexibility index (Phi) is 6.99. The number of hydrazine groups is 1. The van der Waals surface area contributed by atoms with Crippen LogP contribution in [-0.4, -0.2) is 6.04 Å². The predicted octanol–water partition coefficient (Wildman–Crippen LogP) is 3.59. The Hall–Kier alpha value is -0.860. The van der Waals surface area contributed by atoms with E-state index in [1.165, 1.54) is 30.4 Å². The number of nitrogens with two attached hydrogens (primary N) is 1. The first kappa shape index (κ1) is 15.2. The fraction of sp³-hybridized carbons (Fsp3) is 0.625. The summed E-state index contributed by atoms with van der Waals surface area (Å²) < 4.78 is 0. The molecule has 3 N–H and O–H groups in total. The second-order valence-electron chi connectivity index (χ2n) is 5.31. The number of aryl methyl sites for hydroxylation is 2. The molecule has 1 aromatic carbocycles. The first-order valence-electron chi connectivity index (χ1n) is 7.21. The maximum atomic E-state index is 5.67. The molecule has 1 unspecified atom stereocenters. The van der Waals surface area contributed by atoms with Gasteiger partial charge in [-0.05, 0) is 37.7 Å². The zero-order chi connectivity index (χ0) is 13.4. The Morgan fingerprint density at radius 2 is 1.94 bits per heavy atom. The first-order valence-corrected chi connectivity index (χ1v) is 7.21. The minimum absolute atomic E-state index is 0.440. The van der Waals surface area contributed by atoms with Gasteiger partial charge in [0.2, 0.25) is 0 Å². The molecule has 0 saturated heterocycles. The molecule has 0 aliphatic heterocycles. The molecule has 1 rings (SSSR count). The average Bonchev–Trinajstić information content (AvgIpc) is 2.39. The quantitative estimate of drug-likeness (QED) is 0.545. The van der Waals surface area contributed by atoms with E-state index in [0.29, 0.717) is 6.04 Å². The van der Waals surface area contributed by atoms with Crippen molar-refractivity contribution in [2.24, 2.45) is 11.8 Å². The van der Waals surface area contributed by atoms with Gasteiger partial charge >= 0.3 is 0 Å². The Labute approximate surface area is 112 Å². The highest BCUT2D eigenvalue weighted by Crippen LogP contribution is 2.18. The number of hydrogen-bond donors (Lipinski definition) is 2. The van der Waals surface area contributed by atoms with E-state index in [1.807, 2.05) is 0 Å². The Morgan fingerprint density at radius 3 is 2.50 bits per heavy atom. The summed E-state index contributed by atoms with van der Waals surface area (Å²) in [7, 11) is 0. The molecule has 0 bridgehead atoms. The lowest BCUT2D eigenvalue weighted by atomic mass is 9.92. The highest BCUT2D eigenvalue weighted by molar-refractivity contribution is 5.22. The van der Waals surface area contributed by atoms with E-state index < -0.39 is 0 Å². The molecule has 18 heavy (non-hydrogen) atoms. The van der Waals surface area contributed by atoms with Gasteiger partial charge in [0.25, 0.3) is 0 Å². The monoisotopic (exact) mass is 248 g/mol. The van der Waals surface area contributed by atoms with Gasteiger partial charge in [0.05, 0.1) is 0 Å². The number of hydrogen-bond acceptors (Lipinski definition) is 2. The molecule has 0 aliphatic rings. The molecular formula is C16H28N2. The minimum Gasteiger partial charge on any atom is -0.271 e. The van der Waals surface area contributed by atoms with Crippen LogP contribution >= 0.6 is 0 Å². The molecule has 0 fully saturated rings. The van der Waals surface area contributed by atoms with Crippen LogP contribution in [0.15, 0.2) is 24.3 Å². The molecule has 0 heterocycles. The van der Waals surface area contributed by atoms with Gasteiger partial charge in [-0.1, -0.05) is 56.5 Å². The van der Waals surface area contributed by atoms with Crippen molar-refractivity contribution in [1.82, 2.24) is 5.43 Å². The van der Waals surface area contributed by atoms with Crippen LogP contribution in [0.4, 0.5) is 0 Å². The highest BCUT2D eigenvalue weighted by Gasteiger charge is 2.12. The van der Waals surface area contributed by atoms with Gasteiger partial charge in [0.1, 0.15) is 0 Å².